The van der Waals surface area contributed by atoms with Crippen molar-refractivity contribution in [2.75, 3.05) is 6.61 Å². The van der Waals surface area contributed by atoms with Crippen LogP contribution in [0.3, 0.4) is 0 Å². The zero-order valence-electron chi connectivity index (χ0n) is 14.1. The van der Waals surface area contributed by atoms with E-state index in [0.717, 1.165) is 29.1 Å². The Labute approximate surface area is 139 Å². The highest BCUT2D eigenvalue weighted by molar-refractivity contribution is 5.25. The molecule has 5 nitrogen and oxygen atoms in total. The molecule has 0 amide bonds. The van der Waals surface area contributed by atoms with Gasteiger partial charge in [-0.25, -0.2) is 8.78 Å². The molecule has 7 heteroatoms. The third-order valence-electron chi connectivity index (χ3n) is 4.20. The van der Waals surface area contributed by atoms with Crippen molar-refractivity contribution in [1.82, 2.24) is 15.1 Å². The van der Waals surface area contributed by atoms with E-state index in [4.69, 9.17) is 5.11 Å². The average molecular weight is 339 g/mol. The normalized spacial score (nSPS) is 14.0. The summed E-state index contributed by atoms with van der Waals surface area (Å²) < 4.78 is 28.0. The summed E-state index contributed by atoms with van der Waals surface area (Å²) in [6, 6.07) is 3.02. The van der Waals surface area contributed by atoms with E-state index in [1.54, 1.807) is 11.6 Å². The molecule has 0 saturated heterocycles. The van der Waals surface area contributed by atoms with Gasteiger partial charge in [0.05, 0.1) is 24.9 Å². The lowest BCUT2D eigenvalue weighted by Gasteiger charge is -2.21. The predicted octanol–water partition coefficient (Wildman–Crippen LogP) is 1.98. The molecule has 1 aromatic heterocycles. The largest absolute Gasteiger partial charge is 0.394 e. The van der Waals surface area contributed by atoms with Crippen LogP contribution in [0.4, 0.5) is 8.78 Å². The second-order valence-electron chi connectivity index (χ2n) is 5.88. The van der Waals surface area contributed by atoms with Crippen molar-refractivity contribution in [3.63, 3.8) is 0 Å². The first kappa shape index (κ1) is 18.5. The van der Waals surface area contributed by atoms with Gasteiger partial charge in [0.2, 0.25) is 0 Å². The van der Waals surface area contributed by atoms with Crippen LogP contribution in [0.2, 0.25) is 0 Å². The molecule has 0 aliphatic carbocycles. The lowest BCUT2D eigenvalue weighted by Crippen LogP contribution is -2.32. The number of benzene rings is 1. The fraction of sp³-hybridized carbons (Fsp3) is 0.471. The van der Waals surface area contributed by atoms with E-state index >= 15 is 0 Å². The average Bonchev–Trinajstić information content (AvgIpc) is 2.81. The molecule has 0 fully saturated rings. The standard InChI is InChI=1S/C17H23F2N3O2/c1-10-14(12(3)22(21-10)6-7-23)9-20-11(2)17(24)13-4-5-15(18)16(19)8-13/h4-5,8,11,17,20,23-24H,6-7,9H2,1-3H3. The van der Waals surface area contributed by atoms with Crippen LogP contribution in [0.1, 0.15) is 35.5 Å². The van der Waals surface area contributed by atoms with Crippen molar-refractivity contribution in [1.29, 1.82) is 0 Å². The molecular weight excluding hydrogens is 316 g/mol. The van der Waals surface area contributed by atoms with Crippen LogP contribution in [-0.4, -0.2) is 32.6 Å². The number of hydrogen-bond acceptors (Lipinski definition) is 4. The first-order chi connectivity index (χ1) is 11.3. The minimum atomic E-state index is -0.976. The van der Waals surface area contributed by atoms with Crippen LogP contribution >= 0.6 is 0 Å². The first-order valence-corrected chi connectivity index (χ1v) is 7.85. The zero-order valence-corrected chi connectivity index (χ0v) is 14.1. The monoisotopic (exact) mass is 339 g/mol. The van der Waals surface area contributed by atoms with Crippen LogP contribution in [0.15, 0.2) is 18.2 Å². The maximum atomic E-state index is 13.3. The van der Waals surface area contributed by atoms with Gasteiger partial charge in [-0.1, -0.05) is 6.07 Å². The Bertz CT molecular complexity index is 703. The molecule has 2 rings (SSSR count). The molecule has 3 N–H and O–H groups in total. The summed E-state index contributed by atoms with van der Waals surface area (Å²) in [5.74, 6) is -1.91. The second kappa shape index (κ2) is 7.83. The Balaban J connectivity index is 2.04. The third kappa shape index (κ3) is 3.98. The van der Waals surface area contributed by atoms with Gasteiger partial charge >= 0.3 is 0 Å². The lowest BCUT2D eigenvalue weighted by atomic mass is 10.0. The zero-order chi connectivity index (χ0) is 17.9. The van der Waals surface area contributed by atoms with Gasteiger partial charge in [0, 0.05) is 23.8 Å². The third-order valence-corrected chi connectivity index (χ3v) is 4.20. The van der Waals surface area contributed by atoms with Crippen LogP contribution < -0.4 is 5.32 Å². The van der Waals surface area contributed by atoms with E-state index in [2.05, 4.69) is 10.4 Å². The van der Waals surface area contributed by atoms with E-state index in [0.29, 0.717) is 18.7 Å². The van der Waals surface area contributed by atoms with E-state index in [-0.39, 0.29) is 12.6 Å². The van der Waals surface area contributed by atoms with Crippen molar-refractivity contribution >= 4 is 0 Å². The van der Waals surface area contributed by atoms with E-state index < -0.39 is 17.7 Å². The Morgan fingerprint density at radius 2 is 1.96 bits per heavy atom. The molecule has 0 bridgehead atoms. The molecule has 2 aromatic rings. The van der Waals surface area contributed by atoms with E-state index in [1.165, 1.54) is 6.07 Å². The maximum Gasteiger partial charge on any atom is 0.159 e. The number of aromatic nitrogens is 2. The maximum absolute atomic E-state index is 13.3. The molecule has 2 unspecified atom stereocenters. The quantitative estimate of drug-likeness (QED) is 0.721. The molecule has 132 valence electrons. The van der Waals surface area contributed by atoms with Gasteiger partial charge in [0.15, 0.2) is 11.6 Å². The van der Waals surface area contributed by atoms with E-state index in [9.17, 15) is 13.9 Å². The van der Waals surface area contributed by atoms with Gasteiger partial charge in [-0.05, 0) is 38.5 Å². The summed E-state index contributed by atoms with van der Waals surface area (Å²) in [6.07, 6.45) is -0.965. The van der Waals surface area contributed by atoms with Crippen molar-refractivity contribution in [3.05, 3.63) is 52.3 Å². The number of aryl methyl sites for hydroxylation is 1. The van der Waals surface area contributed by atoms with Crippen molar-refractivity contribution in [2.45, 2.75) is 46.0 Å². The molecule has 1 heterocycles. The molecule has 1 aromatic carbocycles. The number of nitrogens with one attached hydrogen (secondary N) is 1. The Hall–Kier alpha value is -1.83. The molecule has 0 radical (unpaired) electrons. The summed E-state index contributed by atoms with van der Waals surface area (Å²) >= 11 is 0. The SMILES string of the molecule is Cc1nn(CCO)c(C)c1CNC(C)C(O)c1ccc(F)c(F)c1. The fourth-order valence-corrected chi connectivity index (χ4v) is 2.66. The van der Waals surface area contributed by atoms with Gasteiger partial charge in [0.25, 0.3) is 0 Å². The number of hydrogen-bond donors (Lipinski definition) is 3. The Morgan fingerprint density at radius 1 is 1.25 bits per heavy atom. The minimum absolute atomic E-state index is 0.0140. The Kier molecular flexibility index (Phi) is 6.04. The van der Waals surface area contributed by atoms with Gasteiger partial charge in [0.1, 0.15) is 0 Å². The first-order valence-electron chi connectivity index (χ1n) is 7.85. The predicted molar refractivity (Wildman–Crippen MR) is 86.4 cm³/mol. The highest BCUT2D eigenvalue weighted by Gasteiger charge is 2.19. The number of aliphatic hydroxyl groups excluding tert-OH is 2. The van der Waals surface area contributed by atoms with Gasteiger partial charge < -0.3 is 15.5 Å². The number of halogens is 2. The van der Waals surface area contributed by atoms with Gasteiger partial charge in [-0.15, -0.1) is 0 Å². The molecule has 2 atom stereocenters. The fourth-order valence-electron chi connectivity index (χ4n) is 2.66. The van der Waals surface area contributed by atoms with Crippen molar-refractivity contribution in [2.24, 2.45) is 0 Å². The number of aliphatic hydroxyl groups is 2. The molecule has 0 aliphatic heterocycles. The summed E-state index contributed by atoms with van der Waals surface area (Å²) in [6.45, 7) is 6.50. The highest BCUT2D eigenvalue weighted by Crippen LogP contribution is 2.20. The molecular formula is C17H23F2N3O2. The van der Waals surface area contributed by atoms with E-state index in [1.807, 2.05) is 13.8 Å². The summed E-state index contributed by atoms with van der Waals surface area (Å²) in [5.41, 5.74) is 3.11. The van der Waals surface area contributed by atoms with Gasteiger partial charge in [-0.2, -0.15) is 5.10 Å². The minimum Gasteiger partial charge on any atom is -0.394 e. The van der Waals surface area contributed by atoms with Crippen LogP contribution in [0, 0.1) is 25.5 Å². The Morgan fingerprint density at radius 3 is 2.58 bits per heavy atom. The van der Waals surface area contributed by atoms with Crippen molar-refractivity contribution < 1.29 is 19.0 Å². The topological polar surface area (TPSA) is 70.3 Å². The molecule has 0 saturated carbocycles. The summed E-state index contributed by atoms with van der Waals surface area (Å²) in [5, 5.41) is 26.9. The number of rotatable bonds is 7. The smallest absolute Gasteiger partial charge is 0.159 e. The second-order valence-corrected chi connectivity index (χ2v) is 5.88. The van der Waals surface area contributed by atoms with Crippen LogP contribution in [-0.2, 0) is 13.1 Å². The molecule has 0 aliphatic rings. The highest BCUT2D eigenvalue weighted by atomic mass is 19.2. The molecule has 24 heavy (non-hydrogen) atoms. The lowest BCUT2D eigenvalue weighted by molar-refractivity contribution is 0.134. The molecule has 0 spiro atoms. The van der Waals surface area contributed by atoms with Gasteiger partial charge in [-0.3, -0.25) is 4.68 Å². The van der Waals surface area contributed by atoms with Crippen molar-refractivity contribution in [3.8, 4) is 0 Å². The summed E-state index contributed by atoms with van der Waals surface area (Å²) in [4.78, 5) is 0. The summed E-state index contributed by atoms with van der Waals surface area (Å²) in [7, 11) is 0. The number of nitrogens with zero attached hydrogens (tertiary/aromatic N) is 2. The van der Waals surface area contributed by atoms with Crippen LogP contribution in [0.5, 0.6) is 0 Å². The van der Waals surface area contributed by atoms with Crippen LogP contribution in [0.25, 0.3) is 0 Å².